The Morgan fingerprint density at radius 3 is 2.74 bits per heavy atom. The maximum atomic E-state index is 12.4. The van der Waals surface area contributed by atoms with E-state index in [0.29, 0.717) is 18.9 Å². The second kappa shape index (κ2) is 6.49. The zero-order valence-corrected chi connectivity index (χ0v) is 13.7. The molecule has 23 heavy (non-hydrogen) atoms. The van der Waals surface area contributed by atoms with E-state index in [1.807, 2.05) is 20.8 Å². The van der Waals surface area contributed by atoms with E-state index in [1.165, 1.54) is 12.3 Å². The summed E-state index contributed by atoms with van der Waals surface area (Å²) in [5.41, 5.74) is 5.71. The Morgan fingerprint density at radius 1 is 1.52 bits per heavy atom. The van der Waals surface area contributed by atoms with Crippen LogP contribution in [-0.4, -0.2) is 45.9 Å². The smallest absolute Gasteiger partial charge is 0.287 e. The molecule has 0 radical (unpaired) electrons. The van der Waals surface area contributed by atoms with Crippen LogP contribution in [0.1, 0.15) is 27.2 Å². The number of nitrogens with two attached hydrogens (primary N) is 1. The molecule has 1 aliphatic rings. The largest absolute Gasteiger partial charge is 0.365 e. The van der Waals surface area contributed by atoms with Crippen molar-refractivity contribution < 1.29 is 9.72 Å². The molecule has 1 fully saturated rings. The Labute approximate surface area is 135 Å². The SMILES string of the molecule is CC(C)(C)[C@H](N)C(=O)N1CCC(Nc2ccc([N+](=O)[O-])cn2)C1. The van der Waals surface area contributed by atoms with Crippen LogP contribution < -0.4 is 11.1 Å². The zero-order chi connectivity index (χ0) is 17.2. The number of hydrogen-bond acceptors (Lipinski definition) is 6. The lowest BCUT2D eigenvalue weighted by Gasteiger charge is -2.30. The second-order valence-electron chi connectivity index (χ2n) is 6.92. The number of anilines is 1. The summed E-state index contributed by atoms with van der Waals surface area (Å²) >= 11 is 0. The normalized spacial score (nSPS) is 19.5. The first-order valence-electron chi connectivity index (χ1n) is 7.60. The predicted molar refractivity (Wildman–Crippen MR) is 86.9 cm³/mol. The number of nitrogens with zero attached hydrogens (tertiary/aromatic N) is 3. The van der Waals surface area contributed by atoms with Crippen LogP contribution >= 0.6 is 0 Å². The van der Waals surface area contributed by atoms with E-state index in [4.69, 9.17) is 5.73 Å². The number of aromatic nitrogens is 1. The van der Waals surface area contributed by atoms with Gasteiger partial charge in [0.25, 0.3) is 5.69 Å². The molecule has 2 atom stereocenters. The van der Waals surface area contributed by atoms with Gasteiger partial charge in [-0.1, -0.05) is 20.8 Å². The van der Waals surface area contributed by atoms with Gasteiger partial charge >= 0.3 is 0 Å². The summed E-state index contributed by atoms with van der Waals surface area (Å²) in [5.74, 6) is 0.522. The molecule has 8 heteroatoms. The number of pyridine rings is 1. The second-order valence-corrected chi connectivity index (χ2v) is 6.92. The van der Waals surface area contributed by atoms with E-state index in [1.54, 1.807) is 11.0 Å². The fourth-order valence-corrected chi connectivity index (χ4v) is 2.43. The number of carbonyl (C=O) groups excluding carboxylic acids is 1. The molecular formula is C15H23N5O3. The molecule has 3 N–H and O–H groups in total. The van der Waals surface area contributed by atoms with Crippen molar-refractivity contribution in [2.45, 2.75) is 39.3 Å². The van der Waals surface area contributed by atoms with Crippen molar-refractivity contribution in [3.63, 3.8) is 0 Å². The summed E-state index contributed by atoms with van der Waals surface area (Å²) in [6, 6.07) is 2.52. The molecular weight excluding hydrogens is 298 g/mol. The van der Waals surface area contributed by atoms with E-state index in [2.05, 4.69) is 10.3 Å². The number of carbonyl (C=O) groups is 1. The van der Waals surface area contributed by atoms with Crippen molar-refractivity contribution in [1.82, 2.24) is 9.88 Å². The highest BCUT2D eigenvalue weighted by Gasteiger charge is 2.34. The monoisotopic (exact) mass is 321 g/mol. The first kappa shape index (κ1) is 17.1. The Morgan fingerprint density at radius 2 is 2.22 bits per heavy atom. The van der Waals surface area contributed by atoms with Gasteiger partial charge in [-0.2, -0.15) is 0 Å². The fourth-order valence-electron chi connectivity index (χ4n) is 2.43. The molecule has 0 bridgehead atoms. The molecule has 1 saturated heterocycles. The molecule has 1 aliphatic heterocycles. The van der Waals surface area contributed by atoms with Crippen LogP contribution in [0.5, 0.6) is 0 Å². The van der Waals surface area contributed by atoms with Gasteiger partial charge in [0.15, 0.2) is 0 Å². The lowest BCUT2D eigenvalue weighted by atomic mass is 9.86. The average Bonchev–Trinajstić information content (AvgIpc) is 2.93. The van der Waals surface area contributed by atoms with E-state index in [9.17, 15) is 14.9 Å². The van der Waals surface area contributed by atoms with Crippen LogP contribution in [0.15, 0.2) is 18.3 Å². The van der Waals surface area contributed by atoms with Crippen molar-refractivity contribution in [1.29, 1.82) is 0 Å². The van der Waals surface area contributed by atoms with Crippen LogP contribution in [0.4, 0.5) is 11.5 Å². The third-order valence-electron chi connectivity index (χ3n) is 4.01. The number of likely N-dealkylation sites (tertiary alicyclic amines) is 1. The van der Waals surface area contributed by atoms with Gasteiger partial charge in [0.05, 0.1) is 11.0 Å². The standard InChI is InChI=1S/C15H23N5O3/c1-15(2,3)13(16)14(21)19-7-6-10(9-19)18-12-5-4-11(8-17-12)20(22)23/h4-5,8,10,13H,6-7,9,16H2,1-3H3,(H,17,18)/t10?,13-/m1/s1. The lowest BCUT2D eigenvalue weighted by Crippen LogP contribution is -2.50. The van der Waals surface area contributed by atoms with Crippen molar-refractivity contribution in [3.8, 4) is 0 Å². The lowest BCUT2D eigenvalue weighted by molar-refractivity contribution is -0.385. The van der Waals surface area contributed by atoms with Crippen LogP contribution in [0, 0.1) is 15.5 Å². The third kappa shape index (κ3) is 4.16. The van der Waals surface area contributed by atoms with Gasteiger partial charge in [-0.05, 0) is 17.9 Å². The zero-order valence-electron chi connectivity index (χ0n) is 13.7. The minimum atomic E-state index is -0.529. The molecule has 8 nitrogen and oxygen atoms in total. The molecule has 0 aromatic carbocycles. The molecule has 1 amide bonds. The van der Waals surface area contributed by atoms with Gasteiger partial charge in [0.1, 0.15) is 12.0 Å². The Bertz CT molecular complexity index is 582. The van der Waals surface area contributed by atoms with Gasteiger partial charge in [-0.3, -0.25) is 14.9 Å². The Kier molecular flexibility index (Phi) is 4.84. The summed E-state index contributed by atoms with van der Waals surface area (Å²) in [6.07, 6.45) is 2.01. The van der Waals surface area contributed by atoms with E-state index in [-0.39, 0.29) is 23.1 Å². The van der Waals surface area contributed by atoms with E-state index < -0.39 is 11.0 Å². The molecule has 0 spiro atoms. The van der Waals surface area contributed by atoms with Crippen LogP contribution in [-0.2, 0) is 4.79 Å². The maximum Gasteiger partial charge on any atom is 0.287 e. The van der Waals surface area contributed by atoms with Crippen molar-refractivity contribution in [2.24, 2.45) is 11.1 Å². The fraction of sp³-hybridized carbons (Fsp3) is 0.600. The number of nitro groups is 1. The molecule has 1 aromatic heterocycles. The highest BCUT2D eigenvalue weighted by atomic mass is 16.6. The molecule has 2 heterocycles. The molecule has 2 rings (SSSR count). The van der Waals surface area contributed by atoms with Crippen LogP contribution in [0.3, 0.4) is 0 Å². The highest BCUT2D eigenvalue weighted by molar-refractivity contribution is 5.82. The molecule has 126 valence electrons. The first-order valence-corrected chi connectivity index (χ1v) is 7.60. The number of amides is 1. The van der Waals surface area contributed by atoms with Gasteiger partial charge in [-0.25, -0.2) is 4.98 Å². The molecule has 1 aromatic rings. The average molecular weight is 321 g/mol. The van der Waals surface area contributed by atoms with Crippen LogP contribution in [0.25, 0.3) is 0 Å². The van der Waals surface area contributed by atoms with Gasteiger partial charge in [-0.15, -0.1) is 0 Å². The Balaban J connectivity index is 1.93. The van der Waals surface area contributed by atoms with Gasteiger partial charge in [0.2, 0.25) is 5.91 Å². The number of hydrogen-bond donors (Lipinski definition) is 2. The highest BCUT2D eigenvalue weighted by Crippen LogP contribution is 2.22. The van der Waals surface area contributed by atoms with E-state index >= 15 is 0 Å². The van der Waals surface area contributed by atoms with Crippen molar-refractivity contribution >= 4 is 17.4 Å². The molecule has 0 aliphatic carbocycles. The summed E-state index contributed by atoms with van der Waals surface area (Å²) in [4.78, 5) is 28.3. The number of rotatable bonds is 4. The summed E-state index contributed by atoms with van der Waals surface area (Å²) < 4.78 is 0. The first-order chi connectivity index (χ1) is 10.7. The number of nitrogens with one attached hydrogen (secondary N) is 1. The quantitative estimate of drug-likeness (QED) is 0.639. The summed E-state index contributed by atoms with van der Waals surface area (Å²) in [6.45, 7) is 7.04. The molecule has 0 saturated carbocycles. The minimum Gasteiger partial charge on any atom is -0.365 e. The summed E-state index contributed by atoms with van der Waals surface area (Å²) in [5, 5.41) is 13.8. The van der Waals surface area contributed by atoms with Gasteiger partial charge in [0, 0.05) is 25.2 Å². The predicted octanol–water partition coefficient (Wildman–Crippen LogP) is 1.38. The van der Waals surface area contributed by atoms with Crippen molar-refractivity contribution in [2.75, 3.05) is 18.4 Å². The van der Waals surface area contributed by atoms with Gasteiger partial charge < -0.3 is 16.0 Å². The van der Waals surface area contributed by atoms with Crippen molar-refractivity contribution in [3.05, 3.63) is 28.4 Å². The minimum absolute atomic E-state index is 0.0431. The Hall–Kier alpha value is -2.22. The molecule has 1 unspecified atom stereocenters. The third-order valence-corrected chi connectivity index (χ3v) is 4.01. The summed E-state index contributed by atoms with van der Waals surface area (Å²) in [7, 11) is 0. The maximum absolute atomic E-state index is 12.4. The van der Waals surface area contributed by atoms with E-state index in [0.717, 1.165) is 6.42 Å². The topological polar surface area (TPSA) is 114 Å². The van der Waals surface area contributed by atoms with Crippen LogP contribution in [0.2, 0.25) is 0 Å².